The number of fused-ring (bicyclic) bond motifs is 1. The van der Waals surface area contributed by atoms with Crippen molar-refractivity contribution in [1.29, 1.82) is 0 Å². The Kier molecular flexibility index (Phi) is 15.6. The Balaban J connectivity index is 0.000000646. The van der Waals surface area contributed by atoms with Gasteiger partial charge in [-0.25, -0.2) is 0 Å². The van der Waals surface area contributed by atoms with Gasteiger partial charge in [0.2, 0.25) is 0 Å². The van der Waals surface area contributed by atoms with Crippen molar-refractivity contribution in [2.45, 2.75) is 90.4 Å². The summed E-state index contributed by atoms with van der Waals surface area (Å²) < 4.78 is 14.6. The van der Waals surface area contributed by atoms with Crippen LogP contribution in [0.25, 0.3) is 0 Å². The number of unbranched alkanes of at least 4 members (excludes halogenated alkanes) is 5. The molecule has 1 aliphatic carbocycles. The Morgan fingerprint density at radius 1 is 1.15 bits per heavy atom. The molecular weight excluding hydrogens is 355 g/mol. The zero-order chi connectivity index (χ0) is 19.6. The highest BCUT2D eigenvalue weighted by molar-refractivity contribution is 7.23. The number of allylic oxidation sites excluding steroid dienone is 1. The van der Waals surface area contributed by atoms with Crippen molar-refractivity contribution in [3.05, 3.63) is 11.8 Å². The van der Waals surface area contributed by atoms with Crippen molar-refractivity contribution in [1.82, 2.24) is 5.43 Å². The Morgan fingerprint density at radius 2 is 1.93 bits per heavy atom. The van der Waals surface area contributed by atoms with Crippen LogP contribution >= 0.6 is 8.46 Å². The van der Waals surface area contributed by atoms with E-state index in [-0.39, 0.29) is 8.46 Å². The lowest BCUT2D eigenvalue weighted by molar-refractivity contribution is 0.192. The summed E-state index contributed by atoms with van der Waals surface area (Å²) in [7, 11) is 2.07. The molecule has 2 aliphatic rings. The van der Waals surface area contributed by atoms with Gasteiger partial charge in [0.25, 0.3) is 0 Å². The zero-order valence-electron chi connectivity index (χ0n) is 17.6. The van der Waals surface area contributed by atoms with E-state index in [1.165, 1.54) is 77.0 Å². The summed E-state index contributed by atoms with van der Waals surface area (Å²) in [5, 5.41) is 4.22. The maximum absolute atomic E-state index is 9.50. The van der Waals surface area contributed by atoms with Gasteiger partial charge in [-0.3, -0.25) is 9.99 Å². The number of ether oxygens (including phenoxy) is 1. The molecule has 0 radical (unpaired) electrons. The third kappa shape index (κ3) is 12.4. The molecular formula is C22H41N2O2P. The molecule has 1 saturated carbocycles. The first-order valence-electron chi connectivity index (χ1n) is 11.1. The molecule has 1 N–H and O–H groups in total. The fraction of sp³-hybridized carbons (Fsp3) is 0.864. The molecule has 0 aromatic rings. The minimum atomic E-state index is 0.280. The number of hydrogen-bond donors (Lipinski definition) is 1. The lowest BCUT2D eigenvalue weighted by Crippen LogP contribution is -2.19. The predicted octanol–water partition coefficient (Wildman–Crippen LogP) is 6.72. The van der Waals surface area contributed by atoms with Gasteiger partial charge in [-0.2, -0.15) is 5.10 Å². The van der Waals surface area contributed by atoms with E-state index in [1.54, 1.807) is 12.7 Å². The second-order valence-corrected chi connectivity index (χ2v) is 8.53. The van der Waals surface area contributed by atoms with Crippen molar-refractivity contribution >= 4 is 14.7 Å². The Labute approximate surface area is 168 Å². The second kappa shape index (κ2) is 17.4. The van der Waals surface area contributed by atoms with Crippen LogP contribution in [0.4, 0.5) is 0 Å². The van der Waals surface area contributed by atoms with Gasteiger partial charge in [0.15, 0.2) is 8.46 Å². The van der Waals surface area contributed by atoms with E-state index in [0.29, 0.717) is 5.92 Å². The van der Waals surface area contributed by atoms with E-state index in [9.17, 15) is 4.57 Å². The van der Waals surface area contributed by atoms with Crippen LogP contribution in [-0.2, 0) is 9.30 Å². The normalized spacial score (nSPS) is 21.9. The van der Waals surface area contributed by atoms with Gasteiger partial charge in [0.05, 0.1) is 0 Å². The quantitative estimate of drug-likeness (QED) is 0.311. The summed E-state index contributed by atoms with van der Waals surface area (Å²) in [6, 6.07) is 0. The van der Waals surface area contributed by atoms with E-state index in [0.717, 1.165) is 25.1 Å². The fourth-order valence-corrected chi connectivity index (χ4v) is 4.08. The third-order valence-electron chi connectivity index (χ3n) is 5.54. The smallest absolute Gasteiger partial charge is 0.155 e. The molecule has 27 heavy (non-hydrogen) atoms. The van der Waals surface area contributed by atoms with E-state index in [1.807, 2.05) is 6.92 Å². The first-order chi connectivity index (χ1) is 13.3. The molecule has 1 aliphatic heterocycles. The average Bonchev–Trinajstić information content (AvgIpc) is 2.67. The molecule has 156 valence electrons. The minimum Gasteiger partial charge on any atom is -0.385 e. The number of rotatable bonds is 11. The van der Waals surface area contributed by atoms with Gasteiger partial charge in [-0.1, -0.05) is 51.9 Å². The standard InChI is InChI=1S/C19H34N2O.C3H7OP/c1-22-14-7-5-3-2-4-6-9-17-10-8-11-18-15-20-21-16-19(18)13-12-17;1-2-3-5-4/h15-17,19-20H,2-14H2,1H3;2-3H2,1H3. The van der Waals surface area contributed by atoms with Gasteiger partial charge in [-0.15, -0.1) is 0 Å². The maximum Gasteiger partial charge on any atom is 0.155 e. The molecule has 1 fully saturated rings. The summed E-state index contributed by atoms with van der Waals surface area (Å²) in [6.45, 7) is 2.93. The van der Waals surface area contributed by atoms with E-state index in [2.05, 4.69) is 22.9 Å². The van der Waals surface area contributed by atoms with Gasteiger partial charge in [0, 0.05) is 38.2 Å². The Morgan fingerprint density at radius 3 is 2.63 bits per heavy atom. The lowest BCUT2D eigenvalue weighted by atomic mass is 9.81. The molecule has 5 heteroatoms. The fourth-order valence-electron chi connectivity index (χ4n) is 3.89. The van der Waals surface area contributed by atoms with Crippen LogP contribution < -0.4 is 5.43 Å². The Bertz CT molecular complexity index is 427. The molecule has 0 aromatic carbocycles. The van der Waals surface area contributed by atoms with Gasteiger partial charge < -0.3 is 4.74 Å². The average molecular weight is 397 g/mol. The first-order valence-corrected chi connectivity index (χ1v) is 12.1. The number of nitrogens with zero attached hydrogens (tertiary/aromatic N) is 1. The van der Waals surface area contributed by atoms with Crippen LogP contribution in [0.15, 0.2) is 16.9 Å². The highest BCUT2D eigenvalue weighted by Crippen LogP contribution is 2.32. The topological polar surface area (TPSA) is 50.7 Å². The first kappa shape index (κ1) is 24.3. The molecule has 0 aromatic heterocycles. The van der Waals surface area contributed by atoms with Crippen LogP contribution in [0.3, 0.4) is 0 Å². The summed E-state index contributed by atoms with van der Waals surface area (Å²) in [5.41, 5.74) is 4.58. The molecule has 0 bridgehead atoms. The number of hydrogen-bond acceptors (Lipinski definition) is 4. The number of nitrogens with one attached hydrogen (secondary N) is 1. The SMILES string of the molecule is CCCP=O.COCCCCCCCCC1CCCC2=CNN=CC2CC1. The van der Waals surface area contributed by atoms with Crippen molar-refractivity contribution in [3.8, 4) is 0 Å². The molecule has 0 spiro atoms. The maximum atomic E-state index is 9.50. The van der Waals surface area contributed by atoms with Crippen molar-refractivity contribution in [2.75, 3.05) is 19.9 Å². The molecule has 0 amide bonds. The zero-order valence-corrected chi connectivity index (χ0v) is 18.5. The highest BCUT2D eigenvalue weighted by atomic mass is 31.1. The summed E-state index contributed by atoms with van der Waals surface area (Å²) in [6.07, 6.45) is 22.5. The van der Waals surface area contributed by atoms with Gasteiger partial charge in [0.1, 0.15) is 0 Å². The van der Waals surface area contributed by atoms with Gasteiger partial charge in [-0.05, 0) is 50.0 Å². The van der Waals surface area contributed by atoms with Crippen LogP contribution in [0.1, 0.15) is 90.4 Å². The van der Waals surface area contributed by atoms with E-state index < -0.39 is 0 Å². The number of methoxy groups -OCH3 is 1. The van der Waals surface area contributed by atoms with Crippen molar-refractivity contribution in [2.24, 2.45) is 16.9 Å². The van der Waals surface area contributed by atoms with Crippen LogP contribution in [-0.4, -0.2) is 26.1 Å². The van der Waals surface area contributed by atoms with Crippen molar-refractivity contribution in [3.63, 3.8) is 0 Å². The van der Waals surface area contributed by atoms with Crippen LogP contribution in [0, 0.1) is 11.8 Å². The largest absolute Gasteiger partial charge is 0.385 e. The molecule has 0 saturated heterocycles. The second-order valence-electron chi connectivity index (χ2n) is 7.82. The van der Waals surface area contributed by atoms with Crippen LogP contribution in [0.5, 0.6) is 0 Å². The summed E-state index contributed by atoms with van der Waals surface area (Å²) >= 11 is 0. The molecule has 1 heterocycles. The minimum absolute atomic E-state index is 0.280. The molecule has 4 nitrogen and oxygen atoms in total. The van der Waals surface area contributed by atoms with E-state index in [4.69, 9.17) is 4.74 Å². The third-order valence-corrected chi connectivity index (χ3v) is 6.17. The van der Waals surface area contributed by atoms with Crippen molar-refractivity contribution < 1.29 is 9.30 Å². The molecule has 2 rings (SSSR count). The van der Waals surface area contributed by atoms with Crippen LogP contribution in [0.2, 0.25) is 0 Å². The van der Waals surface area contributed by atoms with Gasteiger partial charge >= 0.3 is 0 Å². The lowest BCUT2D eigenvalue weighted by Gasteiger charge is -2.26. The Hall–Kier alpha value is -0.730. The summed E-state index contributed by atoms with van der Waals surface area (Å²) in [4.78, 5) is 0. The van der Waals surface area contributed by atoms with E-state index >= 15 is 0 Å². The number of hydrazone groups is 1. The monoisotopic (exact) mass is 396 g/mol. The summed E-state index contributed by atoms with van der Waals surface area (Å²) in [5.74, 6) is 1.57. The predicted molar refractivity (Wildman–Crippen MR) is 117 cm³/mol. The molecule has 2 atom stereocenters. The molecule has 2 unspecified atom stereocenters. The highest BCUT2D eigenvalue weighted by Gasteiger charge is 2.20.